The Labute approximate surface area is 156 Å². The molecule has 0 radical (unpaired) electrons. The number of Topliss-reactive ketones (excluding diaryl/α,β-unsaturated/α-hetero) is 1. The van der Waals surface area contributed by atoms with E-state index in [1.54, 1.807) is 45.0 Å². The number of nitrogens with one attached hydrogen (secondary N) is 1. The highest BCUT2D eigenvalue weighted by Crippen LogP contribution is 2.21. The molecule has 1 N–H and O–H groups in total. The highest BCUT2D eigenvalue weighted by Gasteiger charge is 2.27. The van der Waals surface area contributed by atoms with Gasteiger partial charge >= 0.3 is 11.9 Å². The number of ether oxygens (including phenoxy) is 2. The van der Waals surface area contributed by atoms with Gasteiger partial charge in [0, 0.05) is 16.3 Å². The van der Waals surface area contributed by atoms with Gasteiger partial charge < -0.3 is 14.5 Å². The van der Waals surface area contributed by atoms with Crippen LogP contribution in [0.25, 0.3) is 0 Å². The molecule has 0 bridgehead atoms. The van der Waals surface area contributed by atoms with Crippen LogP contribution in [0.4, 0.5) is 0 Å². The van der Waals surface area contributed by atoms with E-state index in [-0.39, 0.29) is 23.6 Å². The predicted octanol–water partition coefficient (Wildman–Crippen LogP) is 3.89. The zero-order valence-electron chi connectivity index (χ0n) is 15.0. The highest BCUT2D eigenvalue weighted by molar-refractivity contribution is 6.30. The first-order valence-electron chi connectivity index (χ1n) is 8.13. The van der Waals surface area contributed by atoms with Crippen LogP contribution in [0.5, 0.6) is 0 Å². The lowest BCUT2D eigenvalue weighted by Crippen LogP contribution is -2.25. The molecule has 0 saturated heterocycles. The Bertz CT molecular complexity index is 838. The van der Waals surface area contributed by atoms with E-state index in [0.29, 0.717) is 21.8 Å². The molecule has 0 aliphatic heterocycles. The Morgan fingerprint density at radius 3 is 2.31 bits per heavy atom. The molecule has 1 atom stereocenters. The molecule has 0 spiro atoms. The van der Waals surface area contributed by atoms with Crippen LogP contribution in [0.2, 0.25) is 5.02 Å². The van der Waals surface area contributed by atoms with Crippen LogP contribution in [0.3, 0.4) is 0 Å². The second-order valence-electron chi connectivity index (χ2n) is 5.76. The van der Waals surface area contributed by atoms with Crippen LogP contribution in [0, 0.1) is 13.8 Å². The zero-order chi connectivity index (χ0) is 19.4. The minimum Gasteiger partial charge on any atom is -0.461 e. The molecule has 26 heavy (non-hydrogen) atoms. The number of H-pyrrole nitrogens is 1. The van der Waals surface area contributed by atoms with Gasteiger partial charge in [-0.2, -0.15) is 0 Å². The van der Waals surface area contributed by atoms with E-state index in [4.69, 9.17) is 21.1 Å². The number of aromatic nitrogens is 1. The number of carbonyl (C=O) groups is 3. The second kappa shape index (κ2) is 8.19. The minimum atomic E-state index is -0.983. The van der Waals surface area contributed by atoms with Crippen LogP contribution >= 0.6 is 11.6 Å². The van der Waals surface area contributed by atoms with Crippen molar-refractivity contribution >= 4 is 29.3 Å². The Morgan fingerprint density at radius 2 is 1.73 bits per heavy atom. The summed E-state index contributed by atoms with van der Waals surface area (Å²) in [7, 11) is 0. The lowest BCUT2D eigenvalue weighted by Gasteiger charge is -2.13. The number of aryl methyl sites for hydroxylation is 1. The van der Waals surface area contributed by atoms with E-state index in [1.165, 1.54) is 6.92 Å². The molecule has 1 unspecified atom stereocenters. The summed E-state index contributed by atoms with van der Waals surface area (Å²) >= 11 is 5.81. The SMILES string of the molecule is CCOC(=O)c1[nH]c(C)c(C(=O)OC(C)C(=O)c2ccc(Cl)cc2)c1C. The number of carbonyl (C=O) groups excluding carboxylic acids is 3. The normalized spacial score (nSPS) is 11.7. The Morgan fingerprint density at radius 1 is 1.12 bits per heavy atom. The van der Waals surface area contributed by atoms with Gasteiger partial charge in [0.1, 0.15) is 5.69 Å². The lowest BCUT2D eigenvalue weighted by atomic mass is 10.1. The molecular weight excluding hydrogens is 358 g/mol. The van der Waals surface area contributed by atoms with Crippen molar-refractivity contribution in [3.05, 3.63) is 57.4 Å². The van der Waals surface area contributed by atoms with E-state index in [1.807, 2.05) is 0 Å². The van der Waals surface area contributed by atoms with E-state index < -0.39 is 18.0 Å². The van der Waals surface area contributed by atoms with Gasteiger partial charge in [-0.1, -0.05) is 11.6 Å². The molecule has 138 valence electrons. The fourth-order valence-corrected chi connectivity index (χ4v) is 2.71. The number of benzene rings is 1. The zero-order valence-corrected chi connectivity index (χ0v) is 15.8. The first kappa shape index (κ1) is 19.7. The fraction of sp³-hybridized carbons (Fsp3) is 0.316. The largest absolute Gasteiger partial charge is 0.461 e. The molecule has 0 aliphatic carbocycles. The fourth-order valence-electron chi connectivity index (χ4n) is 2.59. The van der Waals surface area contributed by atoms with Crippen molar-refractivity contribution in [2.75, 3.05) is 6.61 Å². The summed E-state index contributed by atoms with van der Waals surface area (Å²) in [6, 6.07) is 6.33. The van der Waals surface area contributed by atoms with Crippen LogP contribution in [0.1, 0.15) is 56.3 Å². The maximum absolute atomic E-state index is 12.5. The number of hydrogen-bond acceptors (Lipinski definition) is 5. The topological polar surface area (TPSA) is 85.5 Å². The number of ketones is 1. The Kier molecular flexibility index (Phi) is 6.21. The van der Waals surface area contributed by atoms with Gasteiger partial charge in [-0.3, -0.25) is 4.79 Å². The minimum absolute atomic E-state index is 0.202. The van der Waals surface area contributed by atoms with Gasteiger partial charge in [0.2, 0.25) is 5.78 Å². The first-order chi connectivity index (χ1) is 12.3. The summed E-state index contributed by atoms with van der Waals surface area (Å²) in [6.45, 7) is 6.69. The molecule has 0 aliphatic rings. The average molecular weight is 378 g/mol. The number of hydrogen-bond donors (Lipinski definition) is 1. The molecule has 7 heteroatoms. The van der Waals surface area contributed by atoms with E-state index in [9.17, 15) is 14.4 Å². The van der Waals surface area contributed by atoms with Gasteiger partial charge in [0.25, 0.3) is 0 Å². The molecule has 0 fully saturated rings. The maximum atomic E-state index is 12.5. The van der Waals surface area contributed by atoms with Crippen molar-refractivity contribution < 1.29 is 23.9 Å². The third-order valence-corrected chi connectivity index (χ3v) is 4.15. The molecule has 1 aromatic carbocycles. The molecule has 1 heterocycles. The van der Waals surface area contributed by atoms with Gasteiger partial charge in [0.15, 0.2) is 6.10 Å². The van der Waals surface area contributed by atoms with Crippen LogP contribution in [-0.2, 0) is 9.47 Å². The van der Waals surface area contributed by atoms with E-state index in [2.05, 4.69) is 4.98 Å². The summed E-state index contributed by atoms with van der Waals surface area (Å²) in [5, 5.41) is 0.510. The monoisotopic (exact) mass is 377 g/mol. The molecule has 2 rings (SSSR count). The Hall–Kier alpha value is -2.60. The van der Waals surface area contributed by atoms with Crippen molar-refractivity contribution in [2.24, 2.45) is 0 Å². The van der Waals surface area contributed by atoms with Gasteiger partial charge in [0.05, 0.1) is 12.2 Å². The second-order valence-corrected chi connectivity index (χ2v) is 6.20. The summed E-state index contributed by atoms with van der Waals surface area (Å²) < 4.78 is 10.3. The Balaban J connectivity index is 2.18. The average Bonchev–Trinajstić information content (AvgIpc) is 2.89. The van der Waals surface area contributed by atoms with E-state index >= 15 is 0 Å². The summed E-state index contributed by atoms with van der Waals surface area (Å²) in [5.74, 6) is -1.56. The number of esters is 2. The van der Waals surface area contributed by atoms with Crippen LogP contribution < -0.4 is 0 Å². The molecule has 2 aromatic rings. The molecule has 1 aromatic heterocycles. The molecular formula is C19H20ClNO5. The van der Waals surface area contributed by atoms with E-state index in [0.717, 1.165) is 0 Å². The first-order valence-corrected chi connectivity index (χ1v) is 8.51. The molecule has 6 nitrogen and oxygen atoms in total. The quantitative estimate of drug-likeness (QED) is 0.609. The number of halogens is 1. The highest BCUT2D eigenvalue weighted by atomic mass is 35.5. The third kappa shape index (κ3) is 4.14. The lowest BCUT2D eigenvalue weighted by molar-refractivity contribution is 0.0317. The van der Waals surface area contributed by atoms with Gasteiger partial charge in [-0.05, 0) is 57.5 Å². The molecule has 0 saturated carbocycles. The van der Waals surface area contributed by atoms with Crippen molar-refractivity contribution in [2.45, 2.75) is 33.8 Å². The summed E-state index contributed by atoms with van der Waals surface area (Å²) in [4.78, 5) is 39.7. The summed E-state index contributed by atoms with van der Waals surface area (Å²) in [6.07, 6.45) is -0.983. The number of aromatic amines is 1. The van der Waals surface area contributed by atoms with Gasteiger partial charge in [-0.25, -0.2) is 9.59 Å². The van der Waals surface area contributed by atoms with Crippen molar-refractivity contribution in [3.63, 3.8) is 0 Å². The predicted molar refractivity (Wildman–Crippen MR) is 96.9 cm³/mol. The summed E-state index contributed by atoms with van der Waals surface area (Å²) in [5.41, 5.74) is 1.72. The van der Waals surface area contributed by atoms with Crippen LogP contribution in [-0.4, -0.2) is 35.4 Å². The van der Waals surface area contributed by atoms with Crippen molar-refractivity contribution in [1.82, 2.24) is 4.98 Å². The van der Waals surface area contributed by atoms with Gasteiger partial charge in [-0.15, -0.1) is 0 Å². The standard InChI is InChI=1S/C19H20ClNO5/c1-5-25-19(24)16-10(2)15(11(3)21-16)18(23)26-12(4)17(22)13-6-8-14(20)9-7-13/h6-9,12,21H,5H2,1-4H3. The van der Waals surface area contributed by atoms with Crippen molar-refractivity contribution in [3.8, 4) is 0 Å². The van der Waals surface area contributed by atoms with Crippen LogP contribution in [0.15, 0.2) is 24.3 Å². The number of rotatable bonds is 6. The van der Waals surface area contributed by atoms with Crippen molar-refractivity contribution in [1.29, 1.82) is 0 Å². The maximum Gasteiger partial charge on any atom is 0.355 e. The smallest absolute Gasteiger partial charge is 0.355 e. The third-order valence-electron chi connectivity index (χ3n) is 3.90. The molecule has 0 amide bonds.